The summed E-state index contributed by atoms with van der Waals surface area (Å²) in [5.41, 5.74) is 1.01. The van der Waals surface area contributed by atoms with Gasteiger partial charge >= 0.3 is 0 Å². The van der Waals surface area contributed by atoms with Crippen LogP contribution in [0.4, 0.5) is 10.2 Å². The normalized spacial score (nSPS) is 19.2. The SMILES string of the molecule is CC(C(=O)Nc1cnc(Oc2ccc(F)cc2)cn1)C1CCC[C@@H](c2ccc(=O)[nH]c2)C1. The monoisotopic (exact) mass is 436 g/mol. The minimum atomic E-state index is -0.349. The summed E-state index contributed by atoms with van der Waals surface area (Å²) in [6.07, 6.45) is 8.62. The molecule has 166 valence electrons. The Kier molecular flexibility index (Phi) is 6.58. The second kappa shape index (κ2) is 9.72. The van der Waals surface area contributed by atoms with Gasteiger partial charge in [-0.05, 0) is 60.9 Å². The van der Waals surface area contributed by atoms with E-state index in [1.54, 1.807) is 12.3 Å². The van der Waals surface area contributed by atoms with Crippen molar-refractivity contribution in [2.45, 2.75) is 38.5 Å². The Hall–Kier alpha value is -3.55. The summed E-state index contributed by atoms with van der Waals surface area (Å²) in [4.78, 5) is 35.2. The third-order valence-corrected chi connectivity index (χ3v) is 6.03. The maximum Gasteiger partial charge on any atom is 0.247 e. The summed E-state index contributed by atoms with van der Waals surface area (Å²) in [6.45, 7) is 1.94. The number of amides is 1. The predicted molar refractivity (Wildman–Crippen MR) is 118 cm³/mol. The van der Waals surface area contributed by atoms with Crippen LogP contribution in [0.25, 0.3) is 0 Å². The van der Waals surface area contributed by atoms with E-state index in [1.807, 2.05) is 13.0 Å². The first-order valence-corrected chi connectivity index (χ1v) is 10.7. The van der Waals surface area contributed by atoms with Crippen molar-refractivity contribution in [2.75, 3.05) is 5.32 Å². The summed E-state index contributed by atoms with van der Waals surface area (Å²) in [5.74, 6) is 0.994. The van der Waals surface area contributed by atoms with E-state index in [4.69, 9.17) is 4.74 Å². The number of rotatable bonds is 6. The van der Waals surface area contributed by atoms with Crippen LogP contribution in [0.2, 0.25) is 0 Å². The minimum Gasteiger partial charge on any atom is -0.438 e. The molecule has 8 heteroatoms. The van der Waals surface area contributed by atoms with E-state index in [1.165, 1.54) is 36.7 Å². The van der Waals surface area contributed by atoms with E-state index >= 15 is 0 Å². The smallest absolute Gasteiger partial charge is 0.247 e. The first-order valence-electron chi connectivity index (χ1n) is 10.7. The zero-order chi connectivity index (χ0) is 22.5. The minimum absolute atomic E-state index is 0.0985. The molecule has 2 N–H and O–H groups in total. The van der Waals surface area contributed by atoms with Crippen LogP contribution in [0.5, 0.6) is 11.6 Å². The molecule has 1 aliphatic rings. The van der Waals surface area contributed by atoms with Crippen molar-refractivity contribution in [1.82, 2.24) is 15.0 Å². The molecule has 3 aromatic rings. The van der Waals surface area contributed by atoms with Crippen LogP contribution >= 0.6 is 0 Å². The third-order valence-electron chi connectivity index (χ3n) is 6.03. The lowest BCUT2D eigenvalue weighted by atomic mass is 9.73. The second-order valence-corrected chi connectivity index (χ2v) is 8.18. The van der Waals surface area contributed by atoms with Crippen molar-refractivity contribution in [3.8, 4) is 11.6 Å². The van der Waals surface area contributed by atoms with Crippen molar-refractivity contribution in [1.29, 1.82) is 0 Å². The van der Waals surface area contributed by atoms with Gasteiger partial charge in [-0.15, -0.1) is 0 Å². The van der Waals surface area contributed by atoms with Crippen LogP contribution in [-0.4, -0.2) is 20.9 Å². The average Bonchev–Trinajstić information content (AvgIpc) is 2.82. The lowest BCUT2D eigenvalue weighted by Crippen LogP contribution is -2.30. The molecule has 0 saturated heterocycles. The van der Waals surface area contributed by atoms with Crippen LogP contribution in [0.15, 0.2) is 59.8 Å². The number of nitrogens with one attached hydrogen (secondary N) is 2. The number of hydrogen-bond acceptors (Lipinski definition) is 5. The molecule has 0 radical (unpaired) electrons. The summed E-state index contributed by atoms with van der Waals surface area (Å²) in [6, 6.07) is 9.02. The standard InChI is InChI=1S/C24H25FN4O3/c1-15(16-3-2-4-17(11-16)18-5-10-22(30)27-12-18)24(31)29-21-13-28-23(14-26-21)32-20-8-6-19(25)7-9-20/h5-10,12-17H,2-4,11H2,1H3,(H,27,30)(H,26,29,31)/t15?,16?,17-/m1/s1. The Morgan fingerprint density at radius 3 is 2.66 bits per heavy atom. The molecule has 1 saturated carbocycles. The number of hydrogen-bond donors (Lipinski definition) is 2. The molecule has 32 heavy (non-hydrogen) atoms. The topological polar surface area (TPSA) is 97.0 Å². The van der Waals surface area contributed by atoms with Crippen LogP contribution in [0.3, 0.4) is 0 Å². The van der Waals surface area contributed by atoms with Crippen LogP contribution in [0.1, 0.15) is 44.1 Å². The number of H-pyrrole nitrogens is 1. The molecule has 4 rings (SSSR count). The van der Waals surface area contributed by atoms with Gasteiger partial charge < -0.3 is 15.0 Å². The first-order chi connectivity index (χ1) is 15.5. The van der Waals surface area contributed by atoms with E-state index in [9.17, 15) is 14.0 Å². The fourth-order valence-corrected chi connectivity index (χ4v) is 4.17. The Morgan fingerprint density at radius 1 is 1.16 bits per heavy atom. The molecule has 1 fully saturated rings. The van der Waals surface area contributed by atoms with Gasteiger partial charge in [0.2, 0.25) is 17.3 Å². The highest BCUT2D eigenvalue weighted by molar-refractivity contribution is 5.91. The number of carbonyl (C=O) groups excluding carboxylic acids is 1. The highest BCUT2D eigenvalue weighted by Crippen LogP contribution is 2.39. The summed E-state index contributed by atoms with van der Waals surface area (Å²) < 4.78 is 18.5. The van der Waals surface area contributed by atoms with Gasteiger partial charge in [-0.2, -0.15) is 0 Å². The Morgan fingerprint density at radius 2 is 1.97 bits per heavy atom. The Bertz CT molecular complexity index is 1090. The van der Waals surface area contributed by atoms with Crippen molar-refractivity contribution in [2.24, 2.45) is 11.8 Å². The van der Waals surface area contributed by atoms with Crippen molar-refractivity contribution in [3.63, 3.8) is 0 Å². The van der Waals surface area contributed by atoms with Gasteiger partial charge in [0.25, 0.3) is 0 Å². The number of carbonyl (C=O) groups is 1. The number of benzene rings is 1. The van der Waals surface area contributed by atoms with Gasteiger partial charge in [0.15, 0.2) is 5.82 Å². The molecule has 2 heterocycles. The molecular formula is C24H25FN4O3. The molecule has 1 aliphatic carbocycles. The molecule has 2 unspecified atom stereocenters. The Balaban J connectivity index is 1.34. The molecular weight excluding hydrogens is 411 g/mol. The highest BCUT2D eigenvalue weighted by Gasteiger charge is 2.30. The van der Waals surface area contributed by atoms with Gasteiger partial charge in [-0.1, -0.05) is 19.4 Å². The summed E-state index contributed by atoms with van der Waals surface area (Å²) in [7, 11) is 0. The number of ether oxygens (including phenoxy) is 1. The van der Waals surface area contributed by atoms with Gasteiger partial charge in [-0.3, -0.25) is 9.59 Å². The average molecular weight is 436 g/mol. The second-order valence-electron chi connectivity index (χ2n) is 8.18. The first kappa shape index (κ1) is 21.7. The number of aromatic amines is 1. The third kappa shape index (κ3) is 5.38. The van der Waals surface area contributed by atoms with Gasteiger partial charge in [0.1, 0.15) is 11.6 Å². The largest absolute Gasteiger partial charge is 0.438 e. The van der Waals surface area contributed by atoms with Gasteiger partial charge in [0, 0.05) is 18.2 Å². The summed E-state index contributed by atoms with van der Waals surface area (Å²) in [5, 5.41) is 2.83. The van der Waals surface area contributed by atoms with E-state index in [2.05, 4.69) is 20.3 Å². The van der Waals surface area contributed by atoms with Crippen LogP contribution < -0.4 is 15.6 Å². The molecule has 0 bridgehead atoms. The maximum atomic E-state index is 13.0. The van der Waals surface area contributed by atoms with E-state index in [0.29, 0.717) is 17.5 Å². The molecule has 1 aromatic carbocycles. The number of anilines is 1. The lowest BCUT2D eigenvalue weighted by Gasteiger charge is -2.32. The lowest BCUT2D eigenvalue weighted by molar-refractivity contribution is -0.121. The molecule has 0 spiro atoms. The highest BCUT2D eigenvalue weighted by atomic mass is 19.1. The number of aromatic nitrogens is 3. The van der Waals surface area contributed by atoms with E-state index < -0.39 is 0 Å². The maximum absolute atomic E-state index is 13.0. The quantitative estimate of drug-likeness (QED) is 0.587. The van der Waals surface area contributed by atoms with Gasteiger partial charge in [-0.25, -0.2) is 14.4 Å². The molecule has 7 nitrogen and oxygen atoms in total. The Labute approximate surface area is 185 Å². The number of halogens is 1. The summed E-state index contributed by atoms with van der Waals surface area (Å²) >= 11 is 0. The predicted octanol–water partition coefficient (Wildman–Crippen LogP) is 4.64. The molecule has 3 atom stereocenters. The van der Waals surface area contributed by atoms with Gasteiger partial charge in [0.05, 0.1) is 12.4 Å². The van der Waals surface area contributed by atoms with Crippen molar-refractivity contribution < 1.29 is 13.9 Å². The van der Waals surface area contributed by atoms with E-state index in [0.717, 1.165) is 31.2 Å². The zero-order valence-electron chi connectivity index (χ0n) is 17.8. The molecule has 2 aromatic heterocycles. The van der Waals surface area contributed by atoms with Crippen molar-refractivity contribution in [3.05, 3.63) is 76.7 Å². The van der Waals surface area contributed by atoms with Crippen molar-refractivity contribution >= 4 is 11.7 Å². The zero-order valence-corrected chi connectivity index (χ0v) is 17.8. The van der Waals surface area contributed by atoms with Crippen LogP contribution in [0, 0.1) is 17.7 Å². The molecule has 0 aliphatic heterocycles. The van der Waals surface area contributed by atoms with Crippen LogP contribution in [-0.2, 0) is 4.79 Å². The molecule has 1 amide bonds. The van der Waals surface area contributed by atoms with E-state index in [-0.39, 0.29) is 35.0 Å². The number of pyridine rings is 1. The fraction of sp³-hybridized carbons (Fsp3) is 0.333. The number of nitrogens with zero attached hydrogens (tertiary/aromatic N) is 2. The fourth-order valence-electron chi connectivity index (χ4n) is 4.17.